The summed E-state index contributed by atoms with van der Waals surface area (Å²) >= 11 is 0. The van der Waals surface area contributed by atoms with Crippen LogP contribution in [0.2, 0.25) is 0 Å². The highest BCUT2D eigenvalue weighted by atomic mass is 19.1. The molecule has 2 aromatic carbocycles. The lowest BCUT2D eigenvalue weighted by atomic mass is 9.83. The summed E-state index contributed by atoms with van der Waals surface area (Å²) in [4.78, 5) is 26.9. The lowest BCUT2D eigenvalue weighted by Crippen LogP contribution is -2.48. The summed E-state index contributed by atoms with van der Waals surface area (Å²) in [5.74, 6) is -1.55. The second-order valence-electron chi connectivity index (χ2n) is 7.72. The van der Waals surface area contributed by atoms with Gasteiger partial charge in [-0.05, 0) is 48.2 Å². The van der Waals surface area contributed by atoms with Crippen molar-refractivity contribution in [1.29, 1.82) is 0 Å². The Labute approximate surface area is 175 Å². The van der Waals surface area contributed by atoms with Crippen molar-refractivity contribution in [3.05, 3.63) is 70.8 Å². The molecule has 2 aromatic rings. The topological polar surface area (TPSA) is 58.6 Å². The Morgan fingerprint density at radius 1 is 1.17 bits per heavy atom. The number of ether oxygens (including phenoxy) is 1. The number of likely N-dealkylation sites (tertiary alicyclic amines) is 1. The van der Waals surface area contributed by atoms with Crippen LogP contribution in [0.3, 0.4) is 0 Å². The zero-order valence-corrected chi connectivity index (χ0v) is 17.2. The van der Waals surface area contributed by atoms with E-state index in [2.05, 4.69) is 5.32 Å². The maximum Gasteiger partial charge on any atom is 0.248 e. The second kappa shape index (κ2) is 9.80. The van der Waals surface area contributed by atoms with E-state index in [4.69, 9.17) is 4.74 Å². The Balaban J connectivity index is 1.75. The maximum absolute atomic E-state index is 13.7. The van der Waals surface area contributed by atoms with E-state index in [9.17, 15) is 18.4 Å². The molecule has 160 valence electrons. The number of nitrogens with one attached hydrogen (secondary N) is 1. The minimum atomic E-state index is -0.427. The van der Waals surface area contributed by atoms with Gasteiger partial charge >= 0.3 is 0 Å². The van der Waals surface area contributed by atoms with Crippen LogP contribution in [-0.2, 0) is 20.9 Å². The number of carbonyl (C=O) groups excluding carboxylic acids is 2. The van der Waals surface area contributed by atoms with Gasteiger partial charge in [0, 0.05) is 32.7 Å². The third-order valence-electron chi connectivity index (χ3n) is 5.45. The fourth-order valence-corrected chi connectivity index (χ4v) is 3.85. The molecule has 3 rings (SSSR count). The van der Waals surface area contributed by atoms with Crippen LogP contribution in [0, 0.1) is 24.5 Å². The van der Waals surface area contributed by atoms with E-state index in [1.807, 2.05) is 0 Å². The first-order valence-electron chi connectivity index (χ1n) is 9.92. The molecule has 0 saturated carbocycles. The molecule has 0 unspecified atom stereocenters. The molecule has 1 saturated heterocycles. The molecular formula is C23H26F2N2O3. The average molecular weight is 416 g/mol. The molecule has 1 aliphatic rings. The Bertz CT molecular complexity index is 919. The zero-order valence-electron chi connectivity index (χ0n) is 17.2. The van der Waals surface area contributed by atoms with Crippen molar-refractivity contribution in [2.75, 3.05) is 26.8 Å². The van der Waals surface area contributed by atoms with E-state index in [0.717, 1.165) is 5.56 Å². The number of rotatable bonds is 6. The van der Waals surface area contributed by atoms with Gasteiger partial charge in [0.2, 0.25) is 11.8 Å². The first kappa shape index (κ1) is 21.9. The molecule has 2 atom stereocenters. The molecule has 1 fully saturated rings. The number of amides is 2. The van der Waals surface area contributed by atoms with Gasteiger partial charge in [-0.25, -0.2) is 8.78 Å². The highest BCUT2D eigenvalue weighted by Gasteiger charge is 2.34. The molecule has 1 aliphatic heterocycles. The summed E-state index contributed by atoms with van der Waals surface area (Å²) in [5.41, 5.74) is 2.09. The summed E-state index contributed by atoms with van der Waals surface area (Å²) in [7, 11) is 1.45. The molecule has 5 nitrogen and oxygen atoms in total. The summed E-state index contributed by atoms with van der Waals surface area (Å²) in [6.45, 7) is 2.57. The number of hydrogen-bond donors (Lipinski definition) is 1. The van der Waals surface area contributed by atoms with Gasteiger partial charge in [0.05, 0.1) is 5.92 Å². The van der Waals surface area contributed by atoms with Gasteiger partial charge in [-0.2, -0.15) is 0 Å². The molecule has 0 radical (unpaired) electrons. The van der Waals surface area contributed by atoms with Crippen LogP contribution in [0.5, 0.6) is 0 Å². The highest BCUT2D eigenvalue weighted by molar-refractivity contribution is 5.82. The minimum Gasteiger partial charge on any atom is -0.375 e. The van der Waals surface area contributed by atoms with Gasteiger partial charge in [0.25, 0.3) is 0 Å². The van der Waals surface area contributed by atoms with E-state index in [1.165, 1.54) is 25.3 Å². The van der Waals surface area contributed by atoms with Gasteiger partial charge in [0.15, 0.2) is 0 Å². The van der Waals surface area contributed by atoms with Gasteiger partial charge in [-0.1, -0.05) is 24.3 Å². The molecule has 0 aromatic heterocycles. The monoisotopic (exact) mass is 416 g/mol. The highest BCUT2D eigenvalue weighted by Crippen LogP contribution is 2.31. The van der Waals surface area contributed by atoms with Crippen LogP contribution < -0.4 is 5.32 Å². The van der Waals surface area contributed by atoms with E-state index in [1.54, 1.807) is 36.1 Å². The number of hydrogen-bond acceptors (Lipinski definition) is 3. The van der Waals surface area contributed by atoms with E-state index >= 15 is 0 Å². The molecule has 1 N–H and O–H groups in total. The van der Waals surface area contributed by atoms with Crippen LogP contribution in [0.15, 0.2) is 42.5 Å². The average Bonchev–Trinajstić information content (AvgIpc) is 2.74. The SMILES string of the molecule is COCC(=O)N1C[C@@H](C(=O)NCc2cccc(F)c2)C[C@@H](c2ccc(F)c(C)c2)C1. The molecule has 0 aliphatic carbocycles. The van der Waals surface area contributed by atoms with Crippen molar-refractivity contribution in [2.24, 2.45) is 5.92 Å². The third kappa shape index (κ3) is 5.42. The summed E-state index contributed by atoms with van der Waals surface area (Å²) in [5, 5.41) is 2.85. The van der Waals surface area contributed by atoms with E-state index in [-0.39, 0.29) is 49.1 Å². The lowest BCUT2D eigenvalue weighted by Gasteiger charge is -2.37. The summed E-state index contributed by atoms with van der Waals surface area (Å²) < 4.78 is 32.0. The Kier molecular flexibility index (Phi) is 7.15. The largest absolute Gasteiger partial charge is 0.375 e. The number of halogens is 2. The Morgan fingerprint density at radius 3 is 2.67 bits per heavy atom. The molecule has 0 bridgehead atoms. The molecule has 1 heterocycles. The molecule has 2 amide bonds. The van der Waals surface area contributed by atoms with Crippen molar-refractivity contribution < 1.29 is 23.1 Å². The fraction of sp³-hybridized carbons (Fsp3) is 0.391. The van der Waals surface area contributed by atoms with E-state index in [0.29, 0.717) is 24.1 Å². The lowest BCUT2D eigenvalue weighted by molar-refractivity contribution is -0.139. The standard InChI is InChI=1S/C23H26F2N2O3/c1-15-8-17(6-7-21(15)25)18-10-19(13-27(12-18)22(28)14-30-2)23(29)26-11-16-4-3-5-20(24)9-16/h3-9,18-19H,10-14H2,1-2H3,(H,26,29)/t18-,19+/m1/s1. The first-order chi connectivity index (χ1) is 14.4. The Hall–Kier alpha value is -2.80. The first-order valence-corrected chi connectivity index (χ1v) is 9.92. The van der Waals surface area contributed by atoms with Crippen molar-refractivity contribution in [2.45, 2.75) is 25.8 Å². The van der Waals surface area contributed by atoms with Gasteiger partial charge in [-0.15, -0.1) is 0 Å². The number of carbonyl (C=O) groups is 2. The van der Waals surface area contributed by atoms with Gasteiger partial charge < -0.3 is 15.0 Å². The van der Waals surface area contributed by atoms with Crippen molar-refractivity contribution >= 4 is 11.8 Å². The fourth-order valence-electron chi connectivity index (χ4n) is 3.85. The van der Waals surface area contributed by atoms with Crippen molar-refractivity contribution in [3.8, 4) is 0 Å². The maximum atomic E-state index is 13.7. The van der Waals surface area contributed by atoms with Gasteiger partial charge in [0.1, 0.15) is 18.2 Å². The smallest absolute Gasteiger partial charge is 0.248 e. The normalized spacial score (nSPS) is 18.9. The Morgan fingerprint density at radius 2 is 1.97 bits per heavy atom. The van der Waals surface area contributed by atoms with Crippen LogP contribution in [0.1, 0.15) is 29.0 Å². The van der Waals surface area contributed by atoms with Crippen LogP contribution in [0.25, 0.3) is 0 Å². The number of nitrogens with zero attached hydrogens (tertiary/aromatic N) is 1. The summed E-state index contributed by atoms with van der Waals surface area (Å²) in [6.07, 6.45) is 0.539. The van der Waals surface area contributed by atoms with Crippen LogP contribution in [0.4, 0.5) is 8.78 Å². The van der Waals surface area contributed by atoms with Crippen molar-refractivity contribution in [1.82, 2.24) is 10.2 Å². The predicted octanol–water partition coefficient (Wildman–Crippen LogP) is 3.17. The summed E-state index contributed by atoms with van der Waals surface area (Å²) in [6, 6.07) is 10.9. The number of piperidine rings is 1. The third-order valence-corrected chi connectivity index (χ3v) is 5.45. The molecule has 30 heavy (non-hydrogen) atoms. The second-order valence-corrected chi connectivity index (χ2v) is 7.72. The molecule has 7 heteroatoms. The van der Waals surface area contributed by atoms with Crippen LogP contribution in [-0.4, -0.2) is 43.5 Å². The van der Waals surface area contributed by atoms with E-state index < -0.39 is 5.92 Å². The van der Waals surface area contributed by atoms with Gasteiger partial charge in [-0.3, -0.25) is 9.59 Å². The quantitative estimate of drug-likeness (QED) is 0.787. The minimum absolute atomic E-state index is 0.0627. The van der Waals surface area contributed by atoms with Crippen LogP contribution >= 0.6 is 0 Å². The molecular weight excluding hydrogens is 390 g/mol. The number of benzene rings is 2. The number of aryl methyl sites for hydroxylation is 1. The van der Waals surface area contributed by atoms with Crippen molar-refractivity contribution in [3.63, 3.8) is 0 Å². The number of methoxy groups -OCH3 is 1. The molecule has 0 spiro atoms. The zero-order chi connectivity index (χ0) is 21.7. The predicted molar refractivity (Wildman–Crippen MR) is 109 cm³/mol.